The Morgan fingerprint density at radius 1 is 1.12 bits per heavy atom. The SMILES string of the molecule is CCCS(=O)(=O)Cc1nc(Oc2c(C)cccc2F)nc(-c2cc(C)c(=O)n(C)c2)c1C. The van der Waals surface area contributed by atoms with Crippen molar-refractivity contribution in [3.8, 4) is 23.0 Å². The molecule has 0 aliphatic carbocycles. The lowest BCUT2D eigenvalue weighted by Crippen LogP contribution is -2.19. The molecule has 9 heteroatoms. The molecule has 0 saturated carbocycles. The third-order valence-corrected chi connectivity index (χ3v) is 6.83. The fraction of sp³-hybridized carbons (Fsp3) is 0.348. The summed E-state index contributed by atoms with van der Waals surface area (Å²) in [6.45, 7) is 6.90. The average molecular weight is 460 g/mol. The van der Waals surface area contributed by atoms with Gasteiger partial charge in [0.15, 0.2) is 21.4 Å². The summed E-state index contributed by atoms with van der Waals surface area (Å²) >= 11 is 0. The highest BCUT2D eigenvalue weighted by atomic mass is 32.2. The van der Waals surface area contributed by atoms with Gasteiger partial charge in [0.2, 0.25) is 0 Å². The molecule has 32 heavy (non-hydrogen) atoms. The molecule has 0 N–H and O–H groups in total. The third-order valence-electron chi connectivity index (χ3n) is 5.09. The first-order valence-electron chi connectivity index (χ1n) is 10.2. The number of benzene rings is 1. The Balaban J connectivity index is 2.21. The van der Waals surface area contributed by atoms with E-state index in [9.17, 15) is 17.6 Å². The molecule has 1 aromatic carbocycles. The summed E-state index contributed by atoms with van der Waals surface area (Å²) in [6.07, 6.45) is 2.10. The second-order valence-corrected chi connectivity index (χ2v) is 10.0. The van der Waals surface area contributed by atoms with Crippen LogP contribution in [0.2, 0.25) is 0 Å². The summed E-state index contributed by atoms with van der Waals surface area (Å²) < 4.78 is 46.5. The van der Waals surface area contributed by atoms with Gasteiger partial charge in [-0.2, -0.15) is 9.97 Å². The normalized spacial score (nSPS) is 11.6. The van der Waals surface area contributed by atoms with E-state index in [4.69, 9.17) is 4.74 Å². The number of halogens is 1. The van der Waals surface area contributed by atoms with E-state index in [1.807, 2.05) is 0 Å². The van der Waals surface area contributed by atoms with Crippen molar-refractivity contribution < 1.29 is 17.5 Å². The zero-order valence-electron chi connectivity index (χ0n) is 18.8. The van der Waals surface area contributed by atoms with Crippen LogP contribution in [0.15, 0.2) is 35.3 Å². The molecule has 0 amide bonds. The van der Waals surface area contributed by atoms with E-state index in [1.165, 1.54) is 10.6 Å². The van der Waals surface area contributed by atoms with Gasteiger partial charge in [0.25, 0.3) is 5.56 Å². The highest BCUT2D eigenvalue weighted by Crippen LogP contribution is 2.30. The number of ether oxygens (including phenoxy) is 1. The van der Waals surface area contributed by atoms with Gasteiger partial charge in [-0.1, -0.05) is 19.1 Å². The summed E-state index contributed by atoms with van der Waals surface area (Å²) in [7, 11) is -1.78. The van der Waals surface area contributed by atoms with Crippen LogP contribution in [0.25, 0.3) is 11.3 Å². The van der Waals surface area contributed by atoms with E-state index in [1.54, 1.807) is 59.1 Å². The maximum Gasteiger partial charge on any atom is 0.322 e. The summed E-state index contributed by atoms with van der Waals surface area (Å²) in [5.74, 6) is -0.873. The first kappa shape index (κ1) is 23.6. The molecule has 170 valence electrons. The second kappa shape index (κ2) is 9.20. The van der Waals surface area contributed by atoms with Crippen LogP contribution in [-0.2, 0) is 22.6 Å². The van der Waals surface area contributed by atoms with E-state index in [2.05, 4.69) is 9.97 Å². The Hall–Kier alpha value is -3.07. The topological polar surface area (TPSA) is 91.2 Å². The molecule has 0 atom stereocenters. The van der Waals surface area contributed by atoms with E-state index in [0.29, 0.717) is 34.4 Å². The average Bonchev–Trinajstić information content (AvgIpc) is 2.70. The fourth-order valence-corrected chi connectivity index (χ4v) is 4.91. The molecule has 0 bridgehead atoms. The number of hydrogen-bond acceptors (Lipinski definition) is 6. The lowest BCUT2D eigenvalue weighted by molar-refractivity contribution is 0.407. The van der Waals surface area contributed by atoms with Crippen LogP contribution >= 0.6 is 0 Å². The molecule has 0 fully saturated rings. The number of sulfone groups is 1. The molecule has 0 spiro atoms. The molecule has 2 aromatic heterocycles. The summed E-state index contributed by atoms with van der Waals surface area (Å²) in [4.78, 5) is 20.9. The number of pyridine rings is 1. The predicted molar refractivity (Wildman–Crippen MR) is 121 cm³/mol. The van der Waals surface area contributed by atoms with Crippen molar-refractivity contribution in [3.05, 3.63) is 69.0 Å². The van der Waals surface area contributed by atoms with E-state index in [0.717, 1.165) is 0 Å². The summed E-state index contributed by atoms with van der Waals surface area (Å²) in [6, 6.07) is 6.04. The van der Waals surface area contributed by atoms with Gasteiger partial charge < -0.3 is 9.30 Å². The van der Waals surface area contributed by atoms with Crippen LogP contribution in [0.3, 0.4) is 0 Å². The van der Waals surface area contributed by atoms with Crippen LogP contribution in [0.1, 0.15) is 35.7 Å². The highest BCUT2D eigenvalue weighted by Gasteiger charge is 2.21. The monoisotopic (exact) mass is 459 g/mol. The number of aromatic nitrogens is 3. The lowest BCUT2D eigenvalue weighted by Gasteiger charge is -2.15. The maximum absolute atomic E-state index is 14.3. The van der Waals surface area contributed by atoms with Gasteiger partial charge in [-0.05, 0) is 50.5 Å². The van der Waals surface area contributed by atoms with Crippen LogP contribution in [0, 0.1) is 26.6 Å². The van der Waals surface area contributed by atoms with Crippen molar-refractivity contribution in [2.75, 3.05) is 5.75 Å². The van der Waals surface area contributed by atoms with Gasteiger partial charge in [0.1, 0.15) is 0 Å². The molecular formula is C23H26FN3O4S. The molecule has 3 aromatic rings. The van der Waals surface area contributed by atoms with E-state index >= 15 is 0 Å². The Labute approximate surface area is 186 Å². The fourth-order valence-electron chi connectivity index (χ4n) is 3.44. The minimum atomic E-state index is -3.41. The first-order chi connectivity index (χ1) is 15.0. The van der Waals surface area contributed by atoms with Crippen LogP contribution in [-0.4, -0.2) is 28.7 Å². The standard InChI is InChI=1S/C23H26FN3O4S/c1-6-10-32(29,30)13-19-16(4)20(17-11-15(3)22(28)27(5)12-17)26-23(25-19)31-21-14(2)8-7-9-18(21)24/h7-9,11-12H,6,10,13H2,1-5H3. The zero-order chi connectivity index (χ0) is 23.6. The molecule has 3 rings (SSSR count). The third kappa shape index (κ3) is 5.04. The van der Waals surface area contributed by atoms with Gasteiger partial charge in [0, 0.05) is 24.4 Å². The number of hydrogen-bond donors (Lipinski definition) is 0. The minimum absolute atomic E-state index is 0.0212. The number of rotatable bonds is 7. The Morgan fingerprint density at radius 3 is 2.47 bits per heavy atom. The molecule has 0 unspecified atom stereocenters. The number of para-hydroxylation sites is 1. The molecular weight excluding hydrogens is 433 g/mol. The lowest BCUT2D eigenvalue weighted by atomic mass is 10.1. The first-order valence-corrected chi connectivity index (χ1v) is 12.0. The number of aryl methyl sites for hydroxylation is 3. The Kier molecular flexibility index (Phi) is 6.78. The predicted octanol–water partition coefficient (Wildman–Crippen LogP) is 4.02. The van der Waals surface area contributed by atoms with Gasteiger partial charge in [-0.3, -0.25) is 4.79 Å². The number of nitrogens with zero attached hydrogens (tertiary/aromatic N) is 3. The van der Waals surface area contributed by atoms with Crippen LogP contribution in [0.4, 0.5) is 4.39 Å². The highest BCUT2D eigenvalue weighted by molar-refractivity contribution is 7.90. The quantitative estimate of drug-likeness (QED) is 0.530. The Morgan fingerprint density at radius 2 is 1.84 bits per heavy atom. The minimum Gasteiger partial charge on any atom is -0.421 e. The molecule has 0 radical (unpaired) electrons. The van der Waals surface area contributed by atoms with E-state index in [-0.39, 0.29) is 34.5 Å². The van der Waals surface area contributed by atoms with Crippen molar-refractivity contribution in [3.63, 3.8) is 0 Å². The van der Waals surface area contributed by atoms with Gasteiger partial charge in [-0.15, -0.1) is 0 Å². The van der Waals surface area contributed by atoms with Crippen LogP contribution < -0.4 is 10.3 Å². The molecule has 2 heterocycles. The van der Waals surface area contributed by atoms with Crippen LogP contribution in [0.5, 0.6) is 11.8 Å². The van der Waals surface area contributed by atoms with Crippen molar-refractivity contribution in [2.24, 2.45) is 7.05 Å². The van der Waals surface area contributed by atoms with Crippen molar-refractivity contribution >= 4 is 9.84 Å². The molecule has 0 aliphatic rings. The molecule has 7 nitrogen and oxygen atoms in total. The second-order valence-electron chi connectivity index (χ2n) is 7.83. The van der Waals surface area contributed by atoms with Gasteiger partial charge in [0.05, 0.1) is 22.9 Å². The maximum atomic E-state index is 14.3. The molecule has 0 aliphatic heterocycles. The van der Waals surface area contributed by atoms with E-state index < -0.39 is 15.7 Å². The smallest absolute Gasteiger partial charge is 0.322 e. The van der Waals surface area contributed by atoms with Crippen molar-refractivity contribution in [1.29, 1.82) is 0 Å². The Bertz CT molecular complexity index is 1290. The van der Waals surface area contributed by atoms with Gasteiger partial charge in [-0.25, -0.2) is 12.8 Å². The van der Waals surface area contributed by atoms with Crippen molar-refractivity contribution in [1.82, 2.24) is 14.5 Å². The van der Waals surface area contributed by atoms with Crippen molar-refractivity contribution in [2.45, 2.75) is 39.9 Å². The molecule has 0 saturated heterocycles. The summed E-state index contributed by atoms with van der Waals surface area (Å²) in [5.41, 5.74) is 2.77. The summed E-state index contributed by atoms with van der Waals surface area (Å²) in [5, 5.41) is 0. The zero-order valence-corrected chi connectivity index (χ0v) is 19.6. The largest absolute Gasteiger partial charge is 0.421 e. The van der Waals surface area contributed by atoms with Gasteiger partial charge >= 0.3 is 6.01 Å².